The zero-order valence-electron chi connectivity index (χ0n) is 12.5. The van der Waals surface area contributed by atoms with Crippen molar-refractivity contribution in [3.8, 4) is 5.75 Å². The predicted molar refractivity (Wildman–Crippen MR) is 79.7 cm³/mol. The van der Waals surface area contributed by atoms with E-state index in [1.807, 2.05) is 25.1 Å². The first-order valence-corrected chi connectivity index (χ1v) is 7.39. The van der Waals surface area contributed by atoms with Gasteiger partial charge in [-0.05, 0) is 19.4 Å². The Balaban J connectivity index is 2.06. The van der Waals surface area contributed by atoms with Crippen molar-refractivity contribution in [2.75, 3.05) is 13.2 Å². The number of carbonyl (C=O) groups excluding carboxylic acids is 1. The highest BCUT2D eigenvalue weighted by Gasteiger charge is 2.29. The molecular formula is C16H24N2O2. The summed E-state index contributed by atoms with van der Waals surface area (Å²) < 4.78 is 5.73. The van der Waals surface area contributed by atoms with Gasteiger partial charge in [-0.1, -0.05) is 32.0 Å². The standard InChI is InChI=1S/C16H24N2O2/c1-4-9-17-16(19)12(3)18-15-11(2)10-20-14-8-6-5-7-13(14)15/h5-8,11-12,15,18H,4,9-10H2,1-3H3,(H,17,19). The molecule has 0 aromatic heterocycles. The number of rotatable bonds is 5. The molecule has 0 aliphatic carbocycles. The van der Waals surface area contributed by atoms with Crippen molar-refractivity contribution >= 4 is 5.91 Å². The van der Waals surface area contributed by atoms with Gasteiger partial charge in [0.1, 0.15) is 5.75 Å². The molecule has 0 spiro atoms. The van der Waals surface area contributed by atoms with E-state index >= 15 is 0 Å². The summed E-state index contributed by atoms with van der Waals surface area (Å²) in [6.07, 6.45) is 0.953. The second-order valence-corrected chi connectivity index (χ2v) is 5.48. The van der Waals surface area contributed by atoms with Gasteiger partial charge in [0, 0.05) is 24.1 Å². The van der Waals surface area contributed by atoms with Crippen molar-refractivity contribution in [1.82, 2.24) is 10.6 Å². The Kier molecular flexibility index (Phi) is 5.01. The fourth-order valence-corrected chi connectivity index (χ4v) is 2.49. The van der Waals surface area contributed by atoms with Crippen molar-refractivity contribution < 1.29 is 9.53 Å². The molecule has 1 aromatic rings. The lowest BCUT2D eigenvalue weighted by Crippen LogP contribution is -2.46. The number of nitrogens with one attached hydrogen (secondary N) is 2. The van der Waals surface area contributed by atoms with Crippen molar-refractivity contribution in [3.63, 3.8) is 0 Å². The van der Waals surface area contributed by atoms with Gasteiger partial charge in [-0.2, -0.15) is 0 Å². The highest BCUT2D eigenvalue weighted by Crippen LogP contribution is 2.35. The molecule has 0 radical (unpaired) electrons. The van der Waals surface area contributed by atoms with E-state index in [1.165, 1.54) is 0 Å². The van der Waals surface area contributed by atoms with Crippen molar-refractivity contribution in [1.29, 1.82) is 0 Å². The molecule has 4 nitrogen and oxygen atoms in total. The fraction of sp³-hybridized carbons (Fsp3) is 0.562. The predicted octanol–water partition coefficient (Wildman–Crippen LogP) is 2.26. The van der Waals surface area contributed by atoms with Crippen LogP contribution in [0.2, 0.25) is 0 Å². The minimum atomic E-state index is -0.208. The Morgan fingerprint density at radius 1 is 1.45 bits per heavy atom. The Bertz CT molecular complexity index is 462. The van der Waals surface area contributed by atoms with Crippen LogP contribution < -0.4 is 15.4 Å². The molecule has 4 heteroatoms. The number of hydrogen-bond donors (Lipinski definition) is 2. The van der Waals surface area contributed by atoms with E-state index in [0.717, 1.165) is 24.3 Å². The summed E-state index contributed by atoms with van der Waals surface area (Å²) in [6, 6.07) is 7.99. The lowest BCUT2D eigenvalue weighted by atomic mass is 9.91. The van der Waals surface area contributed by atoms with E-state index in [1.54, 1.807) is 0 Å². The maximum Gasteiger partial charge on any atom is 0.236 e. The molecule has 1 aromatic carbocycles. The summed E-state index contributed by atoms with van der Waals surface area (Å²) in [5.74, 6) is 1.32. The first-order valence-electron chi connectivity index (χ1n) is 7.39. The summed E-state index contributed by atoms with van der Waals surface area (Å²) in [5, 5.41) is 6.37. The van der Waals surface area contributed by atoms with Crippen LogP contribution in [-0.2, 0) is 4.79 Å². The zero-order valence-corrected chi connectivity index (χ0v) is 12.5. The normalized spacial score (nSPS) is 22.6. The van der Waals surface area contributed by atoms with Gasteiger partial charge in [-0.3, -0.25) is 10.1 Å². The molecule has 1 heterocycles. The Morgan fingerprint density at radius 2 is 2.20 bits per heavy atom. The average molecular weight is 276 g/mol. The van der Waals surface area contributed by atoms with E-state index in [4.69, 9.17) is 4.74 Å². The zero-order chi connectivity index (χ0) is 14.5. The van der Waals surface area contributed by atoms with Gasteiger partial charge in [-0.15, -0.1) is 0 Å². The molecule has 1 amide bonds. The third-order valence-corrected chi connectivity index (χ3v) is 3.70. The smallest absolute Gasteiger partial charge is 0.236 e. The summed E-state index contributed by atoms with van der Waals surface area (Å²) in [4.78, 5) is 12.0. The van der Waals surface area contributed by atoms with Crippen LogP contribution in [0.15, 0.2) is 24.3 Å². The van der Waals surface area contributed by atoms with Gasteiger partial charge < -0.3 is 10.1 Å². The maximum atomic E-state index is 12.0. The van der Waals surface area contributed by atoms with Gasteiger partial charge in [-0.25, -0.2) is 0 Å². The van der Waals surface area contributed by atoms with Crippen molar-refractivity contribution in [2.45, 2.75) is 39.3 Å². The molecule has 0 bridgehead atoms. The van der Waals surface area contributed by atoms with Crippen LogP contribution in [0.3, 0.4) is 0 Å². The SMILES string of the molecule is CCCNC(=O)C(C)NC1c2ccccc2OCC1C. The molecule has 2 rings (SSSR count). The molecule has 110 valence electrons. The van der Waals surface area contributed by atoms with E-state index in [0.29, 0.717) is 12.5 Å². The highest BCUT2D eigenvalue weighted by molar-refractivity contribution is 5.81. The Hall–Kier alpha value is -1.55. The molecule has 20 heavy (non-hydrogen) atoms. The number of para-hydroxylation sites is 1. The summed E-state index contributed by atoms with van der Waals surface area (Å²) in [6.45, 7) is 7.51. The molecule has 2 N–H and O–H groups in total. The van der Waals surface area contributed by atoms with Crippen LogP contribution in [-0.4, -0.2) is 25.1 Å². The quantitative estimate of drug-likeness (QED) is 0.867. The van der Waals surface area contributed by atoms with Gasteiger partial charge in [0.05, 0.1) is 12.6 Å². The van der Waals surface area contributed by atoms with E-state index in [2.05, 4.69) is 30.5 Å². The van der Waals surface area contributed by atoms with Crippen LogP contribution in [0.1, 0.15) is 38.8 Å². The molecule has 1 aliphatic rings. The first kappa shape index (κ1) is 14.9. The molecule has 0 fully saturated rings. The molecule has 1 aliphatic heterocycles. The second kappa shape index (κ2) is 6.75. The number of ether oxygens (including phenoxy) is 1. The van der Waals surface area contributed by atoms with Crippen molar-refractivity contribution in [3.05, 3.63) is 29.8 Å². The number of carbonyl (C=O) groups is 1. The topological polar surface area (TPSA) is 50.4 Å². The average Bonchev–Trinajstić information content (AvgIpc) is 2.47. The lowest BCUT2D eigenvalue weighted by Gasteiger charge is -2.33. The number of amides is 1. The molecule has 0 saturated heterocycles. The summed E-state index contributed by atoms with van der Waals surface area (Å²) in [5.41, 5.74) is 1.14. The number of fused-ring (bicyclic) bond motifs is 1. The van der Waals surface area contributed by atoms with Crippen LogP contribution in [0.25, 0.3) is 0 Å². The molecule has 3 atom stereocenters. The van der Waals surface area contributed by atoms with Crippen molar-refractivity contribution in [2.24, 2.45) is 5.92 Å². The van der Waals surface area contributed by atoms with Gasteiger partial charge in [0.15, 0.2) is 0 Å². The Morgan fingerprint density at radius 3 is 2.95 bits per heavy atom. The largest absolute Gasteiger partial charge is 0.493 e. The summed E-state index contributed by atoms with van der Waals surface area (Å²) in [7, 11) is 0. The van der Waals surface area contributed by atoms with Gasteiger partial charge in [0.2, 0.25) is 5.91 Å². The summed E-state index contributed by atoms with van der Waals surface area (Å²) >= 11 is 0. The minimum absolute atomic E-state index is 0.0584. The van der Waals surface area contributed by atoms with Crippen LogP contribution in [0.5, 0.6) is 5.75 Å². The molecule has 3 unspecified atom stereocenters. The van der Waals surface area contributed by atoms with Gasteiger partial charge >= 0.3 is 0 Å². The Labute approximate surface area is 120 Å². The molecular weight excluding hydrogens is 252 g/mol. The fourth-order valence-electron chi connectivity index (χ4n) is 2.49. The van der Waals surface area contributed by atoms with Crippen LogP contribution in [0.4, 0.5) is 0 Å². The minimum Gasteiger partial charge on any atom is -0.493 e. The highest BCUT2D eigenvalue weighted by atomic mass is 16.5. The lowest BCUT2D eigenvalue weighted by molar-refractivity contribution is -0.123. The van der Waals surface area contributed by atoms with Gasteiger partial charge in [0.25, 0.3) is 0 Å². The van der Waals surface area contributed by atoms with E-state index in [9.17, 15) is 4.79 Å². The first-order chi connectivity index (χ1) is 9.63. The third kappa shape index (κ3) is 3.31. The van der Waals surface area contributed by atoms with E-state index in [-0.39, 0.29) is 18.0 Å². The number of hydrogen-bond acceptors (Lipinski definition) is 3. The number of benzene rings is 1. The third-order valence-electron chi connectivity index (χ3n) is 3.70. The van der Waals surface area contributed by atoms with Crippen LogP contribution in [0, 0.1) is 5.92 Å². The maximum absolute atomic E-state index is 12.0. The van der Waals surface area contributed by atoms with E-state index < -0.39 is 0 Å². The van der Waals surface area contributed by atoms with Crippen LogP contribution >= 0.6 is 0 Å². The molecule has 0 saturated carbocycles. The monoisotopic (exact) mass is 276 g/mol. The second-order valence-electron chi connectivity index (χ2n) is 5.48.